The molecule has 0 bridgehead atoms. The number of rotatable bonds is 1. The quantitative estimate of drug-likeness (QED) is 0.776. The Morgan fingerprint density at radius 1 is 0.789 bits per heavy atom. The molecule has 1 aromatic rings. The third-order valence-electron chi connectivity index (χ3n) is 1.90. The van der Waals surface area contributed by atoms with Gasteiger partial charge in [-0.25, -0.2) is 4.79 Å². The minimum atomic E-state index is -6.43. The lowest BCUT2D eigenvalue weighted by molar-refractivity contribution is -0.291. The molecule has 12 heteroatoms. The summed E-state index contributed by atoms with van der Waals surface area (Å²) >= 11 is 0. The molecule has 19 heavy (non-hydrogen) atoms. The number of alkyl halides is 8. The molecule has 108 valence electrons. The van der Waals surface area contributed by atoms with E-state index in [1.54, 1.807) is 0 Å². The Kier molecular flexibility index (Phi) is 3.25. The summed E-state index contributed by atoms with van der Waals surface area (Å²) in [5.74, 6) is -6.07. The molecule has 1 aromatic heterocycles. The fourth-order valence-electron chi connectivity index (χ4n) is 1.14. The molecule has 1 rings (SSSR count). The van der Waals surface area contributed by atoms with E-state index in [1.807, 2.05) is 0 Å². The zero-order chi connectivity index (χ0) is 15.2. The number of halogens is 8. The maximum atomic E-state index is 12.9. The van der Waals surface area contributed by atoms with Crippen molar-refractivity contribution in [1.29, 1.82) is 0 Å². The van der Waals surface area contributed by atoms with Crippen LogP contribution in [0.15, 0.2) is 9.59 Å². The summed E-state index contributed by atoms with van der Waals surface area (Å²) in [4.78, 5) is 23.0. The van der Waals surface area contributed by atoms with Gasteiger partial charge in [0.25, 0.3) is 5.56 Å². The van der Waals surface area contributed by atoms with E-state index in [4.69, 9.17) is 0 Å². The van der Waals surface area contributed by atoms with Crippen molar-refractivity contribution in [2.45, 2.75) is 18.3 Å². The fourth-order valence-corrected chi connectivity index (χ4v) is 1.14. The fraction of sp³-hybridized carbons (Fsp3) is 0.429. The van der Waals surface area contributed by atoms with Gasteiger partial charge in [-0.2, -0.15) is 35.1 Å². The minimum Gasteiger partial charge on any atom is -0.303 e. The molecule has 0 saturated heterocycles. The Morgan fingerprint density at radius 2 is 1.26 bits per heavy atom. The highest BCUT2D eigenvalue weighted by Gasteiger charge is 2.63. The van der Waals surface area contributed by atoms with Crippen LogP contribution in [0.2, 0.25) is 0 Å². The zero-order valence-corrected chi connectivity index (χ0v) is 8.34. The molecular formula is C7H2F8N2O2. The van der Waals surface area contributed by atoms with Crippen molar-refractivity contribution < 1.29 is 35.1 Å². The van der Waals surface area contributed by atoms with Crippen molar-refractivity contribution in [1.82, 2.24) is 9.97 Å². The second-order valence-electron chi connectivity index (χ2n) is 3.23. The summed E-state index contributed by atoms with van der Waals surface area (Å²) < 4.78 is 98.7. The first-order valence-electron chi connectivity index (χ1n) is 4.17. The normalized spacial score (nSPS) is 13.7. The Balaban J connectivity index is 3.80. The number of H-pyrrole nitrogens is 2. The molecule has 0 fully saturated rings. The average molecular weight is 298 g/mol. The standard InChI is InChI=1S/C7H2F8N2O2/c8-5(9,7(13,14)15)1-2(6(10,11)12)16-4(19)17-3(1)18/h(H2,16,17,18,19). The smallest absolute Gasteiger partial charge is 0.303 e. The van der Waals surface area contributed by atoms with Gasteiger partial charge in [0, 0.05) is 0 Å². The summed E-state index contributed by atoms with van der Waals surface area (Å²) in [6.07, 6.45) is -12.2. The minimum absolute atomic E-state index is 0.719. The van der Waals surface area contributed by atoms with Crippen molar-refractivity contribution >= 4 is 0 Å². The van der Waals surface area contributed by atoms with E-state index in [-0.39, 0.29) is 0 Å². The van der Waals surface area contributed by atoms with Crippen LogP contribution in [0.5, 0.6) is 0 Å². The van der Waals surface area contributed by atoms with Crippen molar-refractivity contribution in [3.8, 4) is 0 Å². The highest BCUT2D eigenvalue weighted by atomic mass is 19.4. The van der Waals surface area contributed by atoms with E-state index < -0.39 is 40.8 Å². The molecule has 0 atom stereocenters. The molecule has 4 nitrogen and oxygen atoms in total. The summed E-state index contributed by atoms with van der Waals surface area (Å²) in [7, 11) is 0. The van der Waals surface area contributed by atoms with Crippen LogP contribution in [0.3, 0.4) is 0 Å². The lowest BCUT2D eigenvalue weighted by atomic mass is 10.1. The lowest BCUT2D eigenvalue weighted by Gasteiger charge is -2.21. The van der Waals surface area contributed by atoms with Crippen LogP contribution in [0.4, 0.5) is 35.1 Å². The van der Waals surface area contributed by atoms with E-state index in [0.29, 0.717) is 0 Å². The van der Waals surface area contributed by atoms with Crippen molar-refractivity contribution in [3.05, 3.63) is 32.1 Å². The third kappa shape index (κ3) is 2.61. The Morgan fingerprint density at radius 3 is 1.63 bits per heavy atom. The Bertz CT molecular complexity index is 593. The van der Waals surface area contributed by atoms with Gasteiger partial charge in [0.05, 0.1) is 0 Å². The van der Waals surface area contributed by atoms with E-state index in [0.717, 1.165) is 9.97 Å². The molecule has 1 heterocycles. The summed E-state index contributed by atoms with van der Waals surface area (Å²) in [5, 5.41) is 0. The second kappa shape index (κ2) is 4.06. The molecule has 0 aliphatic rings. The summed E-state index contributed by atoms with van der Waals surface area (Å²) in [5.41, 5.74) is -9.99. The number of aromatic nitrogens is 2. The first kappa shape index (κ1) is 15.2. The third-order valence-corrected chi connectivity index (χ3v) is 1.90. The maximum Gasteiger partial charge on any atom is 0.458 e. The second-order valence-corrected chi connectivity index (χ2v) is 3.23. The van der Waals surface area contributed by atoms with Gasteiger partial charge >= 0.3 is 24.0 Å². The molecule has 2 N–H and O–H groups in total. The number of aromatic amines is 2. The van der Waals surface area contributed by atoms with E-state index >= 15 is 0 Å². The van der Waals surface area contributed by atoms with Crippen molar-refractivity contribution in [2.75, 3.05) is 0 Å². The first-order valence-corrected chi connectivity index (χ1v) is 4.17. The zero-order valence-electron chi connectivity index (χ0n) is 8.34. The number of nitrogens with one attached hydrogen (secondary N) is 2. The average Bonchev–Trinajstić information content (AvgIpc) is 2.12. The highest BCUT2D eigenvalue weighted by molar-refractivity contribution is 5.25. The lowest BCUT2D eigenvalue weighted by Crippen LogP contribution is -2.43. The molecule has 0 aliphatic heterocycles. The van der Waals surface area contributed by atoms with Gasteiger partial charge in [0.15, 0.2) is 0 Å². The van der Waals surface area contributed by atoms with Gasteiger partial charge in [-0.1, -0.05) is 0 Å². The number of hydrogen-bond acceptors (Lipinski definition) is 2. The van der Waals surface area contributed by atoms with E-state index in [1.165, 1.54) is 0 Å². The number of hydrogen-bond donors (Lipinski definition) is 2. The van der Waals surface area contributed by atoms with Crippen LogP contribution in [-0.2, 0) is 12.1 Å². The predicted octanol–water partition coefficient (Wildman–Crippen LogP) is 1.74. The predicted molar refractivity (Wildman–Crippen MR) is 42.6 cm³/mol. The van der Waals surface area contributed by atoms with Gasteiger partial charge in [0.1, 0.15) is 11.3 Å². The topological polar surface area (TPSA) is 65.7 Å². The van der Waals surface area contributed by atoms with Crippen LogP contribution in [0.1, 0.15) is 11.3 Å². The monoisotopic (exact) mass is 298 g/mol. The molecule has 0 aliphatic carbocycles. The maximum absolute atomic E-state index is 12.9. The van der Waals surface area contributed by atoms with Crippen molar-refractivity contribution in [2.24, 2.45) is 0 Å². The molecule has 0 unspecified atom stereocenters. The molecule has 0 saturated carbocycles. The SMILES string of the molecule is O=c1[nH]c(C(F)(F)F)c(C(F)(F)C(F)(F)F)c(=O)[nH]1. The van der Waals surface area contributed by atoms with Crippen LogP contribution >= 0.6 is 0 Å². The molecule has 0 spiro atoms. The summed E-state index contributed by atoms with van der Waals surface area (Å²) in [6, 6.07) is 0. The van der Waals surface area contributed by atoms with E-state index in [2.05, 4.69) is 0 Å². The summed E-state index contributed by atoms with van der Waals surface area (Å²) in [6.45, 7) is 0. The van der Waals surface area contributed by atoms with Gasteiger partial charge in [-0.05, 0) is 0 Å². The first-order chi connectivity index (χ1) is 8.28. The van der Waals surface area contributed by atoms with Gasteiger partial charge in [0.2, 0.25) is 0 Å². The van der Waals surface area contributed by atoms with Gasteiger partial charge < -0.3 is 4.98 Å². The van der Waals surface area contributed by atoms with Crippen LogP contribution in [0.25, 0.3) is 0 Å². The highest BCUT2D eigenvalue weighted by Crippen LogP contribution is 2.45. The van der Waals surface area contributed by atoms with E-state index in [9.17, 15) is 44.7 Å². The molecule has 0 aromatic carbocycles. The van der Waals surface area contributed by atoms with Gasteiger partial charge in [-0.15, -0.1) is 0 Å². The molecule has 0 radical (unpaired) electrons. The van der Waals surface area contributed by atoms with Crippen LogP contribution < -0.4 is 11.2 Å². The Labute approximate surface area is 96.6 Å². The van der Waals surface area contributed by atoms with Crippen LogP contribution in [-0.4, -0.2) is 16.1 Å². The van der Waals surface area contributed by atoms with Crippen LogP contribution in [0, 0.1) is 0 Å². The molecule has 0 amide bonds. The van der Waals surface area contributed by atoms with Gasteiger partial charge in [-0.3, -0.25) is 9.78 Å². The molecular weight excluding hydrogens is 296 g/mol. The van der Waals surface area contributed by atoms with Crippen molar-refractivity contribution in [3.63, 3.8) is 0 Å². The Hall–Kier alpha value is -1.88. The largest absolute Gasteiger partial charge is 0.458 e.